The summed E-state index contributed by atoms with van der Waals surface area (Å²) >= 11 is 0. The second-order valence-electron chi connectivity index (χ2n) is 3.15. The summed E-state index contributed by atoms with van der Waals surface area (Å²) < 4.78 is 0. The molecule has 1 rings (SSSR count). The zero-order chi connectivity index (χ0) is 8.27. The van der Waals surface area contributed by atoms with Crippen LogP contribution in [0.25, 0.3) is 0 Å². The second kappa shape index (κ2) is 3.75. The van der Waals surface area contributed by atoms with Gasteiger partial charge in [0, 0.05) is 5.92 Å². The Kier molecular flexibility index (Phi) is 2.92. The van der Waals surface area contributed by atoms with E-state index >= 15 is 0 Å². The summed E-state index contributed by atoms with van der Waals surface area (Å²) in [7, 11) is 0. The fourth-order valence-electron chi connectivity index (χ4n) is 1.94. The van der Waals surface area contributed by atoms with Crippen LogP contribution >= 0.6 is 0 Å². The van der Waals surface area contributed by atoms with E-state index in [0.29, 0.717) is 0 Å². The predicted octanol–water partition coefficient (Wildman–Crippen LogP) is 3.70. The standard InChI is InChI=1S/C11H18/c1-4-9-7-8-10(5-2)11(9)6-3/h7-8,11H,4-6H2,1-3H3. The minimum Gasteiger partial charge on any atom is -0.0645 e. The van der Waals surface area contributed by atoms with Gasteiger partial charge < -0.3 is 0 Å². The Morgan fingerprint density at radius 1 is 1.00 bits per heavy atom. The third-order valence-corrected chi connectivity index (χ3v) is 2.63. The van der Waals surface area contributed by atoms with Gasteiger partial charge in [-0.3, -0.25) is 0 Å². The highest BCUT2D eigenvalue weighted by Crippen LogP contribution is 2.33. The van der Waals surface area contributed by atoms with E-state index in [0.717, 1.165) is 5.92 Å². The fraction of sp³-hybridized carbons (Fsp3) is 0.636. The molecule has 0 heterocycles. The van der Waals surface area contributed by atoms with Gasteiger partial charge in [-0.1, -0.05) is 44.1 Å². The Morgan fingerprint density at radius 3 is 1.73 bits per heavy atom. The molecular weight excluding hydrogens is 132 g/mol. The van der Waals surface area contributed by atoms with Gasteiger partial charge in [0.05, 0.1) is 0 Å². The largest absolute Gasteiger partial charge is 0.0645 e. The summed E-state index contributed by atoms with van der Waals surface area (Å²) in [5.41, 5.74) is 3.26. The minimum atomic E-state index is 0.782. The molecule has 0 radical (unpaired) electrons. The van der Waals surface area contributed by atoms with Crippen molar-refractivity contribution in [3.63, 3.8) is 0 Å². The summed E-state index contributed by atoms with van der Waals surface area (Å²) in [5.74, 6) is 0.782. The number of hydrogen-bond acceptors (Lipinski definition) is 0. The highest BCUT2D eigenvalue weighted by atomic mass is 14.2. The zero-order valence-corrected chi connectivity index (χ0v) is 7.85. The monoisotopic (exact) mass is 150 g/mol. The van der Waals surface area contributed by atoms with Crippen molar-refractivity contribution in [3.05, 3.63) is 23.3 Å². The molecule has 62 valence electrons. The second-order valence-corrected chi connectivity index (χ2v) is 3.15. The third-order valence-electron chi connectivity index (χ3n) is 2.63. The van der Waals surface area contributed by atoms with E-state index in [1.807, 2.05) is 0 Å². The van der Waals surface area contributed by atoms with Crippen molar-refractivity contribution in [2.75, 3.05) is 0 Å². The van der Waals surface area contributed by atoms with Crippen molar-refractivity contribution >= 4 is 0 Å². The molecule has 0 spiro atoms. The average Bonchev–Trinajstić information content (AvgIpc) is 2.45. The maximum Gasteiger partial charge on any atom is 0.00103 e. The van der Waals surface area contributed by atoms with E-state index in [2.05, 4.69) is 32.9 Å². The van der Waals surface area contributed by atoms with Crippen molar-refractivity contribution < 1.29 is 0 Å². The lowest BCUT2D eigenvalue weighted by Gasteiger charge is -2.14. The Balaban J connectivity index is 2.67. The normalized spacial score (nSPS) is 18.5. The van der Waals surface area contributed by atoms with Gasteiger partial charge in [-0.25, -0.2) is 0 Å². The van der Waals surface area contributed by atoms with Crippen molar-refractivity contribution in [3.8, 4) is 0 Å². The summed E-state index contributed by atoms with van der Waals surface area (Å²) in [6, 6.07) is 0. The van der Waals surface area contributed by atoms with Crippen LogP contribution in [0.5, 0.6) is 0 Å². The van der Waals surface area contributed by atoms with Gasteiger partial charge in [-0.05, 0) is 19.3 Å². The van der Waals surface area contributed by atoms with Crippen LogP contribution in [0, 0.1) is 5.92 Å². The van der Waals surface area contributed by atoms with E-state index < -0.39 is 0 Å². The molecule has 0 unspecified atom stereocenters. The summed E-state index contributed by atoms with van der Waals surface area (Å²) in [4.78, 5) is 0. The first-order valence-corrected chi connectivity index (χ1v) is 4.72. The van der Waals surface area contributed by atoms with Crippen LogP contribution < -0.4 is 0 Å². The van der Waals surface area contributed by atoms with Crippen LogP contribution in [0.3, 0.4) is 0 Å². The van der Waals surface area contributed by atoms with Crippen molar-refractivity contribution in [1.82, 2.24) is 0 Å². The van der Waals surface area contributed by atoms with Crippen molar-refractivity contribution in [2.45, 2.75) is 40.0 Å². The van der Waals surface area contributed by atoms with Gasteiger partial charge in [0.1, 0.15) is 0 Å². The smallest absolute Gasteiger partial charge is 0.00103 e. The molecule has 0 bridgehead atoms. The van der Waals surface area contributed by atoms with Crippen LogP contribution in [-0.4, -0.2) is 0 Å². The Labute approximate surface area is 70.0 Å². The number of hydrogen-bond donors (Lipinski definition) is 0. The molecule has 0 N–H and O–H groups in total. The molecule has 1 aliphatic rings. The molecule has 0 aromatic carbocycles. The molecule has 0 atom stereocenters. The zero-order valence-electron chi connectivity index (χ0n) is 7.85. The Morgan fingerprint density at radius 2 is 1.45 bits per heavy atom. The first-order valence-electron chi connectivity index (χ1n) is 4.72. The lowest BCUT2D eigenvalue weighted by molar-refractivity contribution is 0.654. The van der Waals surface area contributed by atoms with E-state index in [9.17, 15) is 0 Å². The molecule has 0 saturated heterocycles. The van der Waals surface area contributed by atoms with Gasteiger partial charge in [0.15, 0.2) is 0 Å². The Hall–Kier alpha value is -0.520. The SMILES string of the molecule is CCC1=CC=C(CC)C1CC. The van der Waals surface area contributed by atoms with E-state index in [1.54, 1.807) is 11.1 Å². The molecule has 0 fully saturated rings. The quantitative estimate of drug-likeness (QED) is 0.575. The third kappa shape index (κ3) is 1.55. The summed E-state index contributed by atoms with van der Waals surface area (Å²) in [6.45, 7) is 6.78. The molecule has 1 aliphatic carbocycles. The van der Waals surface area contributed by atoms with Gasteiger partial charge in [-0.15, -0.1) is 0 Å². The van der Waals surface area contributed by atoms with Gasteiger partial charge >= 0.3 is 0 Å². The molecule has 0 aromatic heterocycles. The lowest BCUT2D eigenvalue weighted by Crippen LogP contribution is -2.01. The highest BCUT2D eigenvalue weighted by molar-refractivity contribution is 5.34. The van der Waals surface area contributed by atoms with Crippen LogP contribution in [0.15, 0.2) is 23.3 Å². The fourth-order valence-corrected chi connectivity index (χ4v) is 1.94. The van der Waals surface area contributed by atoms with Crippen LogP contribution in [-0.2, 0) is 0 Å². The van der Waals surface area contributed by atoms with E-state index in [4.69, 9.17) is 0 Å². The minimum absolute atomic E-state index is 0.782. The van der Waals surface area contributed by atoms with E-state index in [-0.39, 0.29) is 0 Å². The molecule has 0 heteroatoms. The topological polar surface area (TPSA) is 0 Å². The molecular formula is C11H18. The number of rotatable bonds is 3. The summed E-state index contributed by atoms with van der Waals surface area (Å²) in [5, 5.41) is 0. The molecule has 0 aromatic rings. The average molecular weight is 150 g/mol. The number of allylic oxidation sites excluding steroid dienone is 4. The molecule has 0 amide bonds. The predicted molar refractivity (Wildman–Crippen MR) is 50.5 cm³/mol. The first kappa shape index (κ1) is 8.58. The van der Waals surface area contributed by atoms with Gasteiger partial charge in [0.25, 0.3) is 0 Å². The maximum atomic E-state index is 2.31. The highest BCUT2D eigenvalue weighted by Gasteiger charge is 2.17. The van der Waals surface area contributed by atoms with Crippen LogP contribution in [0.1, 0.15) is 40.0 Å². The van der Waals surface area contributed by atoms with E-state index in [1.165, 1.54) is 19.3 Å². The van der Waals surface area contributed by atoms with Crippen LogP contribution in [0.4, 0.5) is 0 Å². The van der Waals surface area contributed by atoms with Crippen molar-refractivity contribution in [1.29, 1.82) is 0 Å². The first-order chi connectivity index (χ1) is 5.33. The molecule has 0 saturated carbocycles. The van der Waals surface area contributed by atoms with Gasteiger partial charge in [0.2, 0.25) is 0 Å². The molecule has 0 nitrogen and oxygen atoms in total. The van der Waals surface area contributed by atoms with Crippen LogP contribution in [0.2, 0.25) is 0 Å². The molecule has 11 heavy (non-hydrogen) atoms. The Bertz CT molecular complexity index is 164. The van der Waals surface area contributed by atoms with Gasteiger partial charge in [-0.2, -0.15) is 0 Å². The maximum absolute atomic E-state index is 2.31. The van der Waals surface area contributed by atoms with Crippen molar-refractivity contribution in [2.24, 2.45) is 5.92 Å². The lowest BCUT2D eigenvalue weighted by atomic mass is 9.90. The molecule has 0 aliphatic heterocycles. The summed E-state index contributed by atoms with van der Waals surface area (Å²) in [6.07, 6.45) is 8.34.